The summed E-state index contributed by atoms with van der Waals surface area (Å²) in [5, 5.41) is 13.0. The van der Waals surface area contributed by atoms with Gasteiger partial charge in [0.15, 0.2) is 0 Å². The van der Waals surface area contributed by atoms with Gasteiger partial charge in [0, 0.05) is 25.4 Å². The van der Waals surface area contributed by atoms with Crippen LogP contribution in [0, 0.1) is 5.92 Å². The molecule has 1 fully saturated rings. The minimum atomic E-state index is 0.123. The molecule has 0 amide bonds. The third kappa shape index (κ3) is 3.03. The highest BCUT2D eigenvalue weighted by atomic mass is 35.5. The van der Waals surface area contributed by atoms with Crippen molar-refractivity contribution in [3.8, 4) is 5.75 Å². The van der Waals surface area contributed by atoms with Gasteiger partial charge in [0.1, 0.15) is 5.75 Å². The van der Waals surface area contributed by atoms with Crippen molar-refractivity contribution in [1.82, 2.24) is 0 Å². The quantitative estimate of drug-likeness (QED) is 0.800. The molecule has 2 N–H and O–H groups in total. The van der Waals surface area contributed by atoms with Crippen LogP contribution >= 0.6 is 11.6 Å². The van der Waals surface area contributed by atoms with Gasteiger partial charge in [-0.05, 0) is 37.0 Å². The molecule has 3 nitrogen and oxygen atoms in total. The molecule has 1 aliphatic heterocycles. The highest BCUT2D eigenvalue weighted by Gasteiger charge is 2.13. The maximum absolute atomic E-state index is 9.28. The number of benzene rings is 1. The summed E-state index contributed by atoms with van der Waals surface area (Å²) in [6, 6.07) is 5.19. The molecule has 1 aliphatic rings. The molecule has 1 saturated heterocycles. The van der Waals surface area contributed by atoms with E-state index >= 15 is 0 Å². The molecule has 1 heterocycles. The van der Waals surface area contributed by atoms with Crippen molar-refractivity contribution in [2.45, 2.75) is 12.8 Å². The zero-order chi connectivity index (χ0) is 11.4. The average Bonchev–Trinajstić information content (AvgIpc) is 2.32. The Labute approximate surface area is 100 Å². The van der Waals surface area contributed by atoms with E-state index in [-0.39, 0.29) is 5.75 Å². The lowest BCUT2D eigenvalue weighted by molar-refractivity contribution is 0.0699. The number of halogens is 1. The van der Waals surface area contributed by atoms with Crippen molar-refractivity contribution in [1.29, 1.82) is 0 Å². The van der Waals surface area contributed by atoms with Crippen LogP contribution in [-0.2, 0) is 4.74 Å². The molecule has 16 heavy (non-hydrogen) atoms. The van der Waals surface area contributed by atoms with Crippen LogP contribution < -0.4 is 5.32 Å². The first-order chi connectivity index (χ1) is 7.75. The first kappa shape index (κ1) is 11.6. The second-order valence-electron chi connectivity index (χ2n) is 4.10. The normalized spacial score (nSPS) is 17.3. The third-order valence-electron chi connectivity index (χ3n) is 2.88. The molecule has 1 aromatic carbocycles. The van der Waals surface area contributed by atoms with Gasteiger partial charge in [-0.25, -0.2) is 0 Å². The first-order valence-corrected chi connectivity index (χ1v) is 5.93. The summed E-state index contributed by atoms with van der Waals surface area (Å²) in [7, 11) is 0. The standard InChI is InChI=1S/C12H16ClNO2/c13-11-7-10(1-2-12(11)15)14-8-9-3-5-16-6-4-9/h1-2,7,9,14-15H,3-6,8H2. The van der Waals surface area contributed by atoms with E-state index in [9.17, 15) is 5.11 Å². The Bertz CT molecular complexity index is 351. The number of ether oxygens (including phenoxy) is 1. The van der Waals surface area contributed by atoms with Crippen molar-refractivity contribution < 1.29 is 9.84 Å². The van der Waals surface area contributed by atoms with E-state index in [2.05, 4.69) is 5.32 Å². The summed E-state index contributed by atoms with van der Waals surface area (Å²) in [6.07, 6.45) is 2.22. The molecular weight excluding hydrogens is 226 g/mol. The fourth-order valence-corrected chi connectivity index (χ4v) is 2.01. The average molecular weight is 242 g/mol. The van der Waals surface area contributed by atoms with Gasteiger partial charge in [0.05, 0.1) is 5.02 Å². The summed E-state index contributed by atoms with van der Waals surface area (Å²) in [5.41, 5.74) is 0.953. The van der Waals surface area contributed by atoms with Gasteiger partial charge < -0.3 is 15.2 Å². The summed E-state index contributed by atoms with van der Waals surface area (Å²) < 4.78 is 5.30. The van der Waals surface area contributed by atoms with Crippen LogP contribution in [-0.4, -0.2) is 24.9 Å². The Hall–Kier alpha value is -0.930. The Balaban J connectivity index is 1.86. The number of rotatable bonds is 3. The van der Waals surface area contributed by atoms with E-state index in [1.54, 1.807) is 12.1 Å². The molecule has 1 aromatic rings. The van der Waals surface area contributed by atoms with Crippen LogP contribution in [0.2, 0.25) is 5.02 Å². The fraction of sp³-hybridized carbons (Fsp3) is 0.500. The molecule has 0 aliphatic carbocycles. The monoisotopic (exact) mass is 241 g/mol. The lowest BCUT2D eigenvalue weighted by Crippen LogP contribution is -2.22. The van der Waals surface area contributed by atoms with Crippen molar-refractivity contribution in [2.24, 2.45) is 5.92 Å². The summed E-state index contributed by atoms with van der Waals surface area (Å²) in [6.45, 7) is 2.66. The molecule has 0 unspecified atom stereocenters. The molecule has 2 rings (SSSR count). The second kappa shape index (κ2) is 5.41. The maximum Gasteiger partial charge on any atom is 0.134 e. The number of anilines is 1. The molecule has 0 spiro atoms. The molecular formula is C12H16ClNO2. The zero-order valence-electron chi connectivity index (χ0n) is 9.08. The number of hydrogen-bond donors (Lipinski definition) is 2. The van der Waals surface area contributed by atoms with Gasteiger partial charge in [-0.2, -0.15) is 0 Å². The highest BCUT2D eigenvalue weighted by molar-refractivity contribution is 6.32. The Morgan fingerprint density at radius 3 is 2.81 bits per heavy atom. The number of hydrogen-bond acceptors (Lipinski definition) is 3. The summed E-state index contributed by atoms with van der Waals surface area (Å²) >= 11 is 5.83. The van der Waals surface area contributed by atoms with Gasteiger partial charge in [-0.1, -0.05) is 11.6 Å². The van der Waals surface area contributed by atoms with Crippen LogP contribution in [0.4, 0.5) is 5.69 Å². The Morgan fingerprint density at radius 1 is 1.38 bits per heavy atom. The topological polar surface area (TPSA) is 41.5 Å². The maximum atomic E-state index is 9.28. The smallest absolute Gasteiger partial charge is 0.134 e. The lowest BCUT2D eigenvalue weighted by atomic mass is 10.0. The first-order valence-electron chi connectivity index (χ1n) is 5.56. The highest BCUT2D eigenvalue weighted by Crippen LogP contribution is 2.26. The van der Waals surface area contributed by atoms with Gasteiger partial charge in [-0.15, -0.1) is 0 Å². The van der Waals surface area contributed by atoms with Crippen molar-refractivity contribution in [3.05, 3.63) is 23.2 Å². The SMILES string of the molecule is Oc1ccc(NCC2CCOCC2)cc1Cl. The Kier molecular flexibility index (Phi) is 3.91. The lowest BCUT2D eigenvalue weighted by Gasteiger charge is -2.22. The molecule has 4 heteroatoms. The van der Waals surface area contributed by atoms with Gasteiger partial charge in [0.2, 0.25) is 0 Å². The summed E-state index contributed by atoms with van der Waals surface area (Å²) in [5.74, 6) is 0.791. The van der Waals surface area contributed by atoms with E-state index in [1.807, 2.05) is 6.07 Å². The largest absolute Gasteiger partial charge is 0.506 e. The fourth-order valence-electron chi connectivity index (χ4n) is 1.83. The Morgan fingerprint density at radius 2 is 2.12 bits per heavy atom. The number of nitrogens with one attached hydrogen (secondary N) is 1. The van der Waals surface area contributed by atoms with E-state index in [0.29, 0.717) is 10.9 Å². The number of aromatic hydroxyl groups is 1. The minimum absolute atomic E-state index is 0.123. The zero-order valence-corrected chi connectivity index (χ0v) is 9.83. The second-order valence-corrected chi connectivity index (χ2v) is 4.51. The van der Waals surface area contributed by atoms with Crippen molar-refractivity contribution in [3.63, 3.8) is 0 Å². The van der Waals surface area contributed by atoms with Crippen molar-refractivity contribution >= 4 is 17.3 Å². The van der Waals surface area contributed by atoms with Crippen LogP contribution in [0.1, 0.15) is 12.8 Å². The van der Waals surface area contributed by atoms with E-state index < -0.39 is 0 Å². The number of phenolic OH excluding ortho intramolecular Hbond substituents is 1. The molecule has 0 radical (unpaired) electrons. The van der Waals surface area contributed by atoms with E-state index in [0.717, 1.165) is 38.3 Å². The van der Waals surface area contributed by atoms with E-state index in [4.69, 9.17) is 16.3 Å². The predicted octanol–water partition coefficient (Wildman–Crippen LogP) is 2.88. The van der Waals surface area contributed by atoms with Crippen molar-refractivity contribution in [2.75, 3.05) is 25.1 Å². The van der Waals surface area contributed by atoms with Gasteiger partial charge in [0.25, 0.3) is 0 Å². The van der Waals surface area contributed by atoms with Gasteiger partial charge in [-0.3, -0.25) is 0 Å². The van der Waals surface area contributed by atoms with Crippen LogP contribution in [0.5, 0.6) is 5.75 Å². The predicted molar refractivity (Wildman–Crippen MR) is 65.1 cm³/mol. The van der Waals surface area contributed by atoms with Crippen LogP contribution in [0.25, 0.3) is 0 Å². The summed E-state index contributed by atoms with van der Waals surface area (Å²) in [4.78, 5) is 0. The van der Waals surface area contributed by atoms with Crippen LogP contribution in [0.15, 0.2) is 18.2 Å². The van der Waals surface area contributed by atoms with E-state index in [1.165, 1.54) is 0 Å². The molecule has 88 valence electrons. The third-order valence-corrected chi connectivity index (χ3v) is 3.19. The molecule has 0 saturated carbocycles. The van der Waals surface area contributed by atoms with Crippen LogP contribution in [0.3, 0.4) is 0 Å². The molecule has 0 bridgehead atoms. The molecule has 0 aromatic heterocycles. The number of phenols is 1. The minimum Gasteiger partial charge on any atom is -0.506 e. The molecule has 0 atom stereocenters. The van der Waals surface area contributed by atoms with Gasteiger partial charge >= 0.3 is 0 Å².